The molecule has 2 aliphatic rings. The number of rotatable bonds is 13. The minimum atomic E-state index is 0.217. The van der Waals surface area contributed by atoms with Gasteiger partial charge in [0.25, 0.3) is 0 Å². The molecule has 6 nitrogen and oxygen atoms in total. The van der Waals surface area contributed by atoms with E-state index in [2.05, 4.69) is 131 Å². The van der Waals surface area contributed by atoms with Crippen LogP contribution in [0.4, 0.5) is 34.1 Å². The van der Waals surface area contributed by atoms with Crippen molar-refractivity contribution in [3.63, 3.8) is 0 Å². The van der Waals surface area contributed by atoms with Gasteiger partial charge in [0.05, 0.1) is 13.2 Å². The number of nitrogens with zero attached hydrogens (tertiary/aromatic N) is 2. The zero-order chi connectivity index (χ0) is 32.1. The minimum Gasteiger partial charge on any atom is -0.491 e. The summed E-state index contributed by atoms with van der Waals surface area (Å²) in [6.07, 6.45) is 0.435. The van der Waals surface area contributed by atoms with E-state index in [-0.39, 0.29) is 12.2 Å². The van der Waals surface area contributed by atoms with Crippen LogP contribution in [0.15, 0.2) is 158 Å². The molecule has 6 heteroatoms. The van der Waals surface area contributed by atoms with E-state index in [0.717, 1.165) is 70.0 Å². The highest BCUT2D eigenvalue weighted by atomic mass is 16.6. The van der Waals surface area contributed by atoms with Gasteiger partial charge in [-0.1, -0.05) is 60.7 Å². The van der Waals surface area contributed by atoms with Crippen LogP contribution in [0.5, 0.6) is 11.5 Å². The van der Waals surface area contributed by atoms with Gasteiger partial charge in [0.2, 0.25) is 0 Å². The molecule has 0 amide bonds. The Morgan fingerprint density at radius 1 is 0.396 bits per heavy atom. The molecule has 0 bridgehead atoms. The average molecular weight is 633 g/mol. The molecule has 8 rings (SSSR count). The fourth-order valence-electron chi connectivity index (χ4n) is 5.74. The van der Waals surface area contributed by atoms with Gasteiger partial charge >= 0.3 is 0 Å². The van der Waals surface area contributed by atoms with Crippen LogP contribution in [-0.2, 0) is 9.47 Å². The number of anilines is 6. The first kappa shape index (κ1) is 29.8. The monoisotopic (exact) mass is 632 g/mol. The van der Waals surface area contributed by atoms with Crippen molar-refractivity contribution in [2.75, 3.05) is 36.2 Å². The second kappa shape index (κ2) is 13.7. The van der Waals surface area contributed by atoms with E-state index in [0.29, 0.717) is 13.2 Å². The van der Waals surface area contributed by atoms with Gasteiger partial charge in [0.1, 0.15) is 36.9 Å². The van der Waals surface area contributed by atoms with Gasteiger partial charge in [-0.25, -0.2) is 0 Å². The lowest BCUT2D eigenvalue weighted by Crippen LogP contribution is -2.10. The molecule has 0 aliphatic carbocycles. The van der Waals surface area contributed by atoms with Crippen molar-refractivity contribution in [2.45, 2.75) is 12.2 Å². The van der Waals surface area contributed by atoms with Gasteiger partial charge in [0, 0.05) is 34.1 Å². The summed E-state index contributed by atoms with van der Waals surface area (Å²) in [5.41, 5.74) is 8.76. The molecule has 6 aromatic carbocycles. The Bertz CT molecular complexity index is 1810. The molecular formula is C42H36N2O4. The molecular weight excluding hydrogens is 596 g/mol. The van der Waals surface area contributed by atoms with Gasteiger partial charge in [0.15, 0.2) is 0 Å². The Morgan fingerprint density at radius 2 is 0.688 bits per heavy atom. The quantitative estimate of drug-likeness (QED) is 0.118. The highest BCUT2D eigenvalue weighted by molar-refractivity contribution is 5.80. The smallest absolute Gasteiger partial charge is 0.119 e. The third kappa shape index (κ3) is 7.05. The predicted octanol–water partition coefficient (Wildman–Crippen LogP) is 9.85. The number of epoxide rings is 2. The molecule has 6 aromatic rings. The fourth-order valence-corrected chi connectivity index (χ4v) is 5.74. The van der Waals surface area contributed by atoms with Gasteiger partial charge < -0.3 is 28.7 Å². The molecule has 0 saturated carbocycles. The molecule has 2 saturated heterocycles. The molecule has 2 heterocycles. The van der Waals surface area contributed by atoms with Crippen molar-refractivity contribution in [3.8, 4) is 22.6 Å². The second-order valence-corrected chi connectivity index (χ2v) is 12.0. The molecule has 2 unspecified atom stereocenters. The standard InChI is InChI=1S/C42H36N2O4/c1-3-7-33(8-4-1)43(34-9-5-2-6-10-34)35-15-11-31(12-16-35)32-13-17-36(18-14-32)44(37-19-23-39(24-20-37)45-27-41-29-47-41)38-21-25-40(26-22-38)46-28-42-30-48-42/h1-26,41-42H,27-30H2. The molecule has 238 valence electrons. The molecule has 2 aliphatic heterocycles. The molecule has 48 heavy (non-hydrogen) atoms. The second-order valence-electron chi connectivity index (χ2n) is 12.0. The molecule has 0 radical (unpaired) electrons. The molecule has 0 N–H and O–H groups in total. The summed E-state index contributed by atoms with van der Waals surface area (Å²) in [5, 5.41) is 0. The van der Waals surface area contributed by atoms with Crippen molar-refractivity contribution in [2.24, 2.45) is 0 Å². The SMILES string of the molecule is c1ccc(N(c2ccccc2)c2ccc(-c3ccc(N(c4ccc(OCC5CO5)cc4)c4ccc(OCC5CO5)cc4)cc3)cc2)cc1. The van der Waals surface area contributed by atoms with Crippen molar-refractivity contribution in [1.82, 2.24) is 0 Å². The highest BCUT2D eigenvalue weighted by Gasteiger charge is 2.24. The summed E-state index contributed by atoms with van der Waals surface area (Å²) >= 11 is 0. The van der Waals surface area contributed by atoms with Gasteiger partial charge in [-0.05, 0) is 108 Å². The maximum Gasteiger partial charge on any atom is 0.119 e. The van der Waals surface area contributed by atoms with Crippen LogP contribution in [0.25, 0.3) is 11.1 Å². The average Bonchev–Trinajstić information content (AvgIpc) is 4.10. The number of hydrogen-bond acceptors (Lipinski definition) is 6. The minimum absolute atomic E-state index is 0.217. The van der Waals surface area contributed by atoms with Gasteiger partial charge in [-0.2, -0.15) is 0 Å². The summed E-state index contributed by atoms with van der Waals surface area (Å²) in [4.78, 5) is 4.52. The van der Waals surface area contributed by atoms with E-state index < -0.39 is 0 Å². The Balaban J connectivity index is 1.05. The van der Waals surface area contributed by atoms with Crippen molar-refractivity contribution < 1.29 is 18.9 Å². The van der Waals surface area contributed by atoms with E-state index in [1.807, 2.05) is 36.4 Å². The number of ether oxygens (including phenoxy) is 4. The highest BCUT2D eigenvalue weighted by Crippen LogP contribution is 2.39. The lowest BCUT2D eigenvalue weighted by atomic mass is 10.0. The third-order valence-corrected chi connectivity index (χ3v) is 8.48. The van der Waals surface area contributed by atoms with E-state index in [1.165, 1.54) is 0 Å². The third-order valence-electron chi connectivity index (χ3n) is 8.48. The first-order chi connectivity index (χ1) is 23.8. The lowest BCUT2D eigenvalue weighted by Gasteiger charge is -2.26. The molecule has 0 aromatic heterocycles. The Morgan fingerprint density at radius 3 is 1.00 bits per heavy atom. The summed E-state index contributed by atoms with van der Waals surface area (Å²) in [6.45, 7) is 2.71. The van der Waals surface area contributed by atoms with Crippen molar-refractivity contribution in [3.05, 3.63) is 158 Å². The number of benzene rings is 6. The zero-order valence-corrected chi connectivity index (χ0v) is 26.5. The maximum absolute atomic E-state index is 5.91. The first-order valence-electron chi connectivity index (χ1n) is 16.4. The number of hydrogen-bond donors (Lipinski definition) is 0. The van der Waals surface area contributed by atoms with Crippen LogP contribution in [0.1, 0.15) is 0 Å². The Hall–Kier alpha value is -5.56. The lowest BCUT2D eigenvalue weighted by molar-refractivity contribution is 0.263. The van der Waals surface area contributed by atoms with Crippen LogP contribution >= 0.6 is 0 Å². The van der Waals surface area contributed by atoms with Crippen LogP contribution in [0.3, 0.4) is 0 Å². The topological polar surface area (TPSA) is 50.0 Å². The largest absolute Gasteiger partial charge is 0.491 e. The van der Waals surface area contributed by atoms with Crippen LogP contribution in [-0.4, -0.2) is 38.6 Å². The van der Waals surface area contributed by atoms with Crippen LogP contribution < -0.4 is 19.3 Å². The summed E-state index contributed by atoms with van der Waals surface area (Å²) in [6, 6.07) is 54.9. The van der Waals surface area contributed by atoms with Gasteiger partial charge in [-0.3, -0.25) is 0 Å². The first-order valence-corrected chi connectivity index (χ1v) is 16.4. The normalized spacial score (nSPS) is 16.2. The van der Waals surface area contributed by atoms with Crippen LogP contribution in [0.2, 0.25) is 0 Å². The van der Waals surface area contributed by atoms with Crippen molar-refractivity contribution >= 4 is 34.1 Å². The summed E-state index contributed by atoms with van der Waals surface area (Å²) in [7, 11) is 0. The zero-order valence-electron chi connectivity index (χ0n) is 26.5. The van der Waals surface area contributed by atoms with E-state index >= 15 is 0 Å². The Labute approximate surface area is 281 Å². The fraction of sp³-hybridized carbons (Fsp3) is 0.143. The van der Waals surface area contributed by atoms with E-state index in [9.17, 15) is 0 Å². The summed E-state index contributed by atoms with van der Waals surface area (Å²) < 4.78 is 22.4. The molecule has 2 atom stereocenters. The van der Waals surface area contributed by atoms with E-state index in [4.69, 9.17) is 18.9 Å². The van der Waals surface area contributed by atoms with Gasteiger partial charge in [-0.15, -0.1) is 0 Å². The molecule has 2 fully saturated rings. The predicted molar refractivity (Wildman–Crippen MR) is 192 cm³/mol. The Kier molecular flexibility index (Phi) is 8.48. The van der Waals surface area contributed by atoms with Crippen LogP contribution in [0, 0.1) is 0 Å². The maximum atomic E-state index is 5.91. The number of para-hydroxylation sites is 2. The summed E-state index contributed by atoms with van der Waals surface area (Å²) in [5.74, 6) is 1.66. The van der Waals surface area contributed by atoms with E-state index in [1.54, 1.807) is 0 Å². The molecule has 0 spiro atoms. The van der Waals surface area contributed by atoms with Crippen molar-refractivity contribution in [1.29, 1.82) is 0 Å².